The van der Waals surface area contributed by atoms with Crippen molar-refractivity contribution in [3.8, 4) is 0 Å². The predicted octanol–water partition coefficient (Wildman–Crippen LogP) is 1.04. The minimum Gasteiger partial charge on any atom is -0.478 e. The van der Waals surface area contributed by atoms with E-state index in [0.29, 0.717) is 25.1 Å². The van der Waals surface area contributed by atoms with E-state index in [-0.39, 0.29) is 22.9 Å². The van der Waals surface area contributed by atoms with Crippen LogP contribution in [0.1, 0.15) is 33.3 Å². The highest BCUT2D eigenvalue weighted by Crippen LogP contribution is 2.36. The van der Waals surface area contributed by atoms with Crippen LogP contribution < -0.4 is 5.32 Å². The van der Waals surface area contributed by atoms with Crippen LogP contribution in [0.5, 0.6) is 0 Å². The molecule has 2 aromatic heterocycles. The van der Waals surface area contributed by atoms with Crippen LogP contribution in [-0.2, 0) is 36.6 Å². The van der Waals surface area contributed by atoms with Gasteiger partial charge in [-0.05, 0) is 18.5 Å². The number of aryl methyl sites for hydroxylation is 1. The Bertz CT molecular complexity index is 901. The lowest BCUT2D eigenvalue weighted by molar-refractivity contribution is 0.0692. The zero-order chi connectivity index (χ0) is 18.2. The van der Waals surface area contributed by atoms with Crippen molar-refractivity contribution >= 4 is 27.3 Å². The Morgan fingerprint density at radius 2 is 2.28 bits per heavy atom. The maximum Gasteiger partial charge on any atom is 0.338 e. The number of thiophene rings is 1. The van der Waals surface area contributed by atoms with Gasteiger partial charge in [0, 0.05) is 43.3 Å². The van der Waals surface area contributed by atoms with Crippen LogP contribution in [0.25, 0.3) is 0 Å². The molecule has 8 nitrogen and oxygen atoms in total. The fourth-order valence-electron chi connectivity index (χ4n) is 2.95. The van der Waals surface area contributed by atoms with Crippen LogP contribution in [0.2, 0.25) is 0 Å². The predicted molar refractivity (Wildman–Crippen MR) is 93.2 cm³/mol. The van der Waals surface area contributed by atoms with Gasteiger partial charge < -0.3 is 10.4 Å². The van der Waals surface area contributed by atoms with Gasteiger partial charge in [-0.25, -0.2) is 13.2 Å². The summed E-state index contributed by atoms with van der Waals surface area (Å²) in [6.07, 6.45) is 3.89. The minimum atomic E-state index is -3.90. The summed E-state index contributed by atoms with van der Waals surface area (Å²) in [4.78, 5) is 12.6. The molecule has 0 bridgehead atoms. The highest BCUT2D eigenvalue weighted by Gasteiger charge is 2.35. The van der Waals surface area contributed by atoms with E-state index in [1.807, 2.05) is 0 Å². The number of carboxylic acid groups (broad SMARTS) is 1. The number of nitrogens with zero attached hydrogens (tertiary/aromatic N) is 3. The molecule has 10 heteroatoms. The lowest BCUT2D eigenvalue weighted by Gasteiger charge is -2.19. The van der Waals surface area contributed by atoms with E-state index < -0.39 is 16.0 Å². The van der Waals surface area contributed by atoms with Crippen molar-refractivity contribution in [3.05, 3.63) is 34.0 Å². The number of rotatable bonds is 6. The Hall–Kier alpha value is -1.75. The Labute approximate surface area is 150 Å². The number of hydrogen-bond donors (Lipinski definition) is 2. The molecular weight excluding hydrogens is 364 g/mol. The van der Waals surface area contributed by atoms with Crippen LogP contribution in [-0.4, -0.2) is 46.7 Å². The van der Waals surface area contributed by atoms with Gasteiger partial charge in [-0.1, -0.05) is 6.92 Å². The first-order valence-corrected chi connectivity index (χ1v) is 10.2. The van der Waals surface area contributed by atoms with Gasteiger partial charge in [0.15, 0.2) is 0 Å². The molecule has 0 spiro atoms. The van der Waals surface area contributed by atoms with Crippen LogP contribution in [0.4, 0.5) is 0 Å². The second kappa shape index (κ2) is 6.87. The number of aromatic carboxylic acids is 1. The molecule has 25 heavy (non-hydrogen) atoms. The number of nitrogens with one attached hydrogen (secondary N) is 1. The minimum absolute atomic E-state index is 0.0638. The van der Waals surface area contributed by atoms with Crippen molar-refractivity contribution in [1.29, 1.82) is 0 Å². The van der Waals surface area contributed by atoms with Gasteiger partial charge >= 0.3 is 5.97 Å². The molecule has 0 fully saturated rings. The maximum absolute atomic E-state index is 13.1. The van der Waals surface area contributed by atoms with Crippen LogP contribution in [0, 0.1) is 0 Å². The highest BCUT2D eigenvalue weighted by molar-refractivity contribution is 7.91. The first kappa shape index (κ1) is 18.1. The molecule has 2 aromatic rings. The molecule has 3 heterocycles. The summed E-state index contributed by atoms with van der Waals surface area (Å²) in [5.74, 6) is -1.18. The number of aromatic nitrogens is 2. The van der Waals surface area contributed by atoms with Gasteiger partial charge in [0.05, 0.1) is 11.8 Å². The summed E-state index contributed by atoms with van der Waals surface area (Å²) in [7, 11) is -2.14. The van der Waals surface area contributed by atoms with Gasteiger partial charge in [-0.15, -0.1) is 11.3 Å². The molecule has 0 radical (unpaired) electrons. The Morgan fingerprint density at radius 3 is 2.88 bits per heavy atom. The summed E-state index contributed by atoms with van der Waals surface area (Å²) in [6.45, 7) is 3.30. The molecule has 0 saturated heterocycles. The second-order valence-electron chi connectivity index (χ2n) is 5.85. The van der Waals surface area contributed by atoms with E-state index in [9.17, 15) is 18.3 Å². The number of fused-ring (bicyclic) bond motifs is 1. The van der Waals surface area contributed by atoms with Gasteiger partial charge in [-0.2, -0.15) is 9.40 Å². The Morgan fingerprint density at radius 1 is 1.52 bits per heavy atom. The summed E-state index contributed by atoms with van der Waals surface area (Å²) in [6, 6.07) is 0. The smallest absolute Gasteiger partial charge is 0.338 e. The van der Waals surface area contributed by atoms with Crippen LogP contribution in [0.15, 0.2) is 16.6 Å². The molecule has 0 atom stereocenters. The number of hydrogen-bond acceptors (Lipinski definition) is 6. The number of carbonyl (C=O) groups is 1. The molecular formula is C15H20N4O4S2. The summed E-state index contributed by atoms with van der Waals surface area (Å²) < 4.78 is 29.1. The highest BCUT2D eigenvalue weighted by atomic mass is 32.2. The molecule has 3 rings (SSSR count). The normalized spacial score (nSPS) is 14.7. The van der Waals surface area contributed by atoms with Gasteiger partial charge in [-0.3, -0.25) is 4.68 Å². The van der Waals surface area contributed by atoms with Gasteiger partial charge in [0.25, 0.3) is 10.0 Å². The largest absolute Gasteiger partial charge is 0.478 e. The monoisotopic (exact) mass is 384 g/mol. The van der Waals surface area contributed by atoms with E-state index in [1.165, 1.54) is 4.31 Å². The molecule has 136 valence electrons. The van der Waals surface area contributed by atoms with Crippen LogP contribution in [0.3, 0.4) is 0 Å². The van der Waals surface area contributed by atoms with E-state index in [4.69, 9.17) is 0 Å². The third kappa shape index (κ3) is 3.34. The second-order valence-corrected chi connectivity index (χ2v) is 9.09. The van der Waals surface area contributed by atoms with E-state index in [2.05, 4.69) is 10.4 Å². The van der Waals surface area contributed by atoms with E-state index in [0.717, 1.165) is 21.8 Å². The average molecular weight is 384 g/mol. The zero-order valence-electron chi connectivity index (χ0n) is 14.0. The molecule has 0 saturated carbocycles. The van der Waals surface area contributed by atoms with Gasteiger partial charge in [0.2, 0.25) is 0 Å². The fourth-order valence-corrected chi connectivity index (χ4v) is 6.39. The topological polar surface area (TPSA) is 105 Å². The third-order valence-electron chi connectivity index (χ3n) is 4.15. The maximum atomic E-state index is 13.1. The number of carboxylic acids is 1. The van der Waals surface area contributed by atoms with Crippen molar-refractivity contribution < 1.29 is 18.3 Å². The molecule has 2 N–H and O–H groups in total. The van der Waals surface area contributed by atoms with Crippen molar-refractivity contribution in [1.82, 2.24) is 19.4 Å². The summed E-state index contributed by atoms with van der Waals surface area (Å²) in [5, 5.41) is 16.8. The molecule has 0 aromatic carbocycles. The van der Waals surface area contributed by atoms with Crippen molar-refractivity contribution in [2.24, 2.45) is 7.05 Å². The van der Waals surface area contributed by atoms with Crippen molar-refractivity contribution in [2.75, 3.05) is 13.1 Å². The average Bonchev–Trinajstić information content (AvgIpc) is 3.16. The lowest BCUT2D eigenvalue weighted by atomic mass is 10.1. The Kier molecular flexibility index (Phi) is 4.96. The standard InChI is InChI=1S/C15H20N4O4S2/c1-3-19(9-10-6-17-18(2)8-10)25(22,23)15-13(14(20)21)11-4-5-16-7-12(11)24-15/h6,8,16H,3-5,7,9H2,1-2H3,(H,20,21). The van der Waals surface area contributed by atoms with Crippen molar-refractivity contribution in [3.63, 3.8) is 0 Å². The summed E-state index contributed by atoms with van der Waals surface area (Å²) >= 11 is 1.06. The quantitative estimate of drug-likeness (QED) is 0.771. The molecule has 0 amide bonds. The first-order chi connectivity index (χ1) is 11.8. The fraction of sp³-hybridized carbons (Fsp3) is 0.467. The van der Waals surface area contributed by atoms with Crippen molar-refractivity contribution in [2.45, 2.75) is 30.6 Å². The molecule has 1 aliphatic rings. The molecule has 0 aliphatic carbocycles. The molecule has 0 unspecified atom stereocenters. The van der Waals surface area contributed by atoms with Gasteiger partial charge in [0.1, 0.15) is 4.21 Å². The SMILES string of the molecule is CCN(Cc1cnn(C)c1)S(=O)(=O)c1sc2c(c1C(=O)O)CCNC2. The first-order valence-electron chi connectivity index (χ1n) is 7.90. The lowest BCUT2D eigenvalue weighted by Crippen LogP contribution is -2.31. The van der Waals surface area contributed by atoms with E-state index >= 15 is 0 Å². The molecule has 1 aliphatic heterocycles. The third-order valence-corrected chi connectivity index (χ3v) is 7.80. The Balaban J connectivity index is 2.03. The summed E-state index contributed by atoms with van der Waals surface area (Å²) in [5.41, 5.74) is 1.34. The zero-order valence-corrected chi connectivity index (χ0v) is 15.7. The number of sulfonamides is 1. The van der Waals surface area contributed by atoms with Crippen LogP contribution >= 0.6 is 11.3 Å². The van der Waals surface area contributed by atoms with E-state index in [1.54, 1.807) is 31.0 Å².